The number of carbonyl (C=O) groups excluding carboxylic acids is 3. The van der Waals surface area contributed by atoms with Gasteiger partial charge < -0.3 is 14.2 Å². The van der Waals surface area contributed by atoms with Gasteiger partial charge in [-0.25, -0.2) is 0 Å². The quantitative estimate of drug-likeness (QED) is 0.0380. The molecule has 0 fully saturated rings. The monoisotopic (exact) mass is 667 g/mol. The van der Waals surface area contributed by atoms with Gasteiger partial charge in [0.2, 0.25) is 0 Å². The molecule has 0 radical (unpaired) electrons. The third kappa shape index (κ3) is 34.1. The molecule has 6 heteroatoms. The zero-order valence-electron chi connectivity index (χ0n) is 31.9. The molecule has 6 nitrogen and oxygen atoms in total. The minimum absolute atomic E-state index is 0.0673. The molecule has 0 bridgehead atoms. The van der Waals surface area contributed by atoms with E-state index >= 15 is 0 Å². The Morgan fingerprint density at radius 1 is 0.447 bits per heavy atom. The van der Waals surface area contributed by atoms with E-state index in [4.69, 9.17) is 14.2 Å². The standard InChI is InChI=1S/C41H78O6/c1-6-8-9-10-11-12-15-23-28-33-41(44)47-38(34-45-39(42)31-26-21-16-13-14-19-24-29-36(3)4)35-46-40(43)32-27-22-18-17-20-25-30-37(5)7-2/h36-38H,6-35H2,1-5H3/t37?,38-/m0/s1. The molecule has 0 aromatic heterocycles. The van der Waals surface area contributed by atoms with Crippen molar-refractivity contribution in [1.29, 1.82) is 0 Å². The van der Waals surface area contributed by atoms with Crippen LogP contribution in [0.1, 0.15) is 214 Å². The second kappa shape index (κ2) is 34.3. The van der Waals surface area contributed by atoms with Crippen molar-refractivity contribution in [2.45, 2.75) is 221 Å². The van der Waals surface area contributed by atoms with Crippen LogP contribution < -0.4 is 0 Å². The van der Waals surface area contributed by atoms with Crippen molar-refractivity contribution in [3.8, 4) is 0 Å². The third-order valence-corrected chi connectivity index (χ3v) is 9.33. The lowest BCUT2D eigenvalue weighted by molar-refractivity contribution is -0.167. The fourth-order valence-corrected chi connectivity index (χ4v) is 5.84. The Hall–Kier alpha value is -1.59. The fraction of sp³-hybridized carbons (Fsp3) is 0.927. The van der Waals surface area contributed by atoms with Crippen LogP contribution in [-0.4, -0.2) is 37.2 Å². The average Bonchev–Trinajstić information content (AvgIpc) is 3.05. The minimum Gasteiger partial charge on any atom is -0.462 e. The first kappa shape index (κ1) is 45.4. The Balaban J connectivity index is 4.37. The zero-order chi connectivity index (χ0) is 34.8. The smallest absolute Gasteiger partial charge is 0.306 e. The van der Waals surface area contributed by atoms with Gasteiger partial charge in [0.25, 0.3) is 0 Å². The number of rotatable bonds is 35. The maximum absolute atomic E-state index is 12.6. The first-order valence-electron chi connectivity index (χ1n) is 20.3. The summed E-state index contributed by atoms with van der Waals surface area (Å²) in [5, 5.41) is 0. The maximum atomic E-state index is 12.6. The molecule has 47 heavy (non-hydrogen) atoms. The molecular formula is C41H78O6. The molecule has 0 amide bonds. The number of carbonyl (C=O) groups is 3. The minimum atomic E-state index is -0.759. The molecule has 0 saturated heterocycles. The van der Waals surface area contributed by atoms with Crippen molar-refractivity contribution in [3.05, 3.63) is 0 Å². The van der Waals surface area contributed by atoms with Crippen LogP contribution in [0.3, 0.4) is 0 Å². The summed E-state index contributed by atoms with van der Waals surface area (Å²) in [5.41, 5.74) is 0. The second-order valence-corrected chi connectivity index (χ2v) is 14.6. The summed E-state index contributed by atoms with van der Waals surface area (Å²) < 4.78 is 16.6. The van der Waals surface area contributed by atoms with Crippen molar-refractivity contribution in [2.75, 3.05) is 13.2 Å². The highest BCUT2D eigenvalue weighted by Crippen LogP contribution is 2.16. The molecule has 0 aromatic carbocycles. The Morgan fingerprint density at radius 3 is 1.21 bits per heavy atom. The number of hydrogen-bond acceptors (Lipinski definition) is 6. The number of esters is 3. The van der Waals surface area contributed by atoms with E-state index in [1.54, 1.807) is 0 Å². The summed E-state index contributed by atoms with van der Waals surface area (Å²) in [6.45, 7) is 11.2. The highest BCUT2D eigenvalue weighted by Gasteiger charge is 2.19. The largest absolute Gasteiger partial charge is 0.462 e. The van der Waals surface area contributed by atoms with Crippen LogP contribution in [0, 0.1) is 11.8 Å². The first-order chi connectivity index (χ1) is 22.8. The van der Waals surface area contributed by atoms with Gasteiger partial charge in [-0.1, -0.05) is 176 Å². The van der Waals surface area contributed by atoms with Gasteiger partial charge in [0.1, 0.15) is 13.2 Å². The summed E-state index contributed by atoms with van der Waals surface area (Å²) in [6.07, 6.45) is 29.6. The van der Waals surface area contributed by atoms with Crippen molar-refractivity contribution in [2.24, 2.45) is 11.8 Å². The van der Waals surface area contributed by atoms with Crippen LogP contribution in [0.25, 0.3) is 0 Å². The Labute approximate surface area is 291 Å². The summed E-state index contributed by atoms with van der Waals surface area (Å²) in [4.78, 5) is 37.4. The van der Waals surface area contributed by atoms with Crippen LogP contribution >= 0.6 is 0 Å². The van der Waals surface area contributed by atoms with Crippen LogP contribution in [0.15, 0.2) is 0 Å². The SMILES string of the molecule is CCCCCCCCCCCC(=O)O[C@@H](COC(=O)CCCCCCCCCC(C)C)COC(=O)CCCCCCCCC(C)CC. The van der Waals surface area contributed by atoms with Gasteiger partial charge in [-0.3, -0.25) is 14.4 Å². The summed E-state index contributed by atoms with van der Waals surface area (Å²) >= 11 is 0. The third-order valence-electron chi connectivity index (χ3n) is 9.33. The van der Waals surface area contributed by atoms with Gasteiger partial charge >= 0.3 is 17.9 Å². The molecule has 278 valence electrons. The Morgan fingerprint density at radius 2 is 0.809 bits per heavy atom. The molecule has 0 rings (SSSR count). The molecule has 0 N–H and O–H groups in total. The average molecular weight is 667 g/mol. The van der Waals surface area contributed by atoms with E-state index in [1.807, 2.05) is 0 Å². The maximum Gasteiger partial charge on any atom is 0.306 e. The zero-order valence-corrected chi connectivity index (χ0v) is 31.9. The fourth-order valence-electron chi connectivity index (χ4n) is 5.84. The van der Waals surface area contributed by atoms with E-state index in [2.05, 4.69) is 34.6 Å². The first-order valence-corrected chi connectivity index (χ1v) is 20.3. The van der Waals surface area contributed by atoms with E-state index in [0.717, 1.165) is 69.6 Å². The highest BCUT2D eigenvalue weighted by atomic mass is 16.6. The Bertz CT molecular complexity index is 721. The van der Waals surface area contributed by atoms with E-state index in [9.17, 15) is 14.4 Å². The van der Waals surface area contributed by atoms with Crippen LogP contribution in [-0.2, 0) is 28.6 Å². The van der Waals surface area contributed by atoms with Gasteiger partial charge in [0.05, 0.1) is 0 Å². The van der Waals surface area contributed by atoms with Crippen LogP contribution in [0.2, 0.25) is 0 Å². The molecule has 0 aliphatic carbocycles. The molecule has 0 aromatic rings. The van der Waals surface area contributed by atoms with Gasteiger partial charge in [-0.05, 0) is 31.1 Å². The Kier molecular flexibility index (Phi) is 33.1. The summed E-state index contributed by atoms with van der Waals surface area (Å²) in [7, 11) is 0. The molecule has 1 unspecified atom stereocenters. The van der Waals surface area contributed by atoms with E-state index in [1.165, 1.54) is 103 Å². The van der Waals surface area contributed by atoms with Gasteiger partial charge in [-0.15, -0.1) is 0 Å². The second-order valence-electron chi connectivity index (χ2n) is 14.6. The van der Waals surface area contributed by atoms with E-state index in [-0.39, 0.29) is 31.1 Å². The van der Waals surface area contributed by atoms with Crippen molar-refractivity contribution in [1.82, 2.24) is 0 Å². The molecule has 2 atom stereocenters. The van der Waals surface area contributed by atoms with Gasteiger partial charge in [-0.2, -0.15) is 0 Å². The lowest BCUT2D eigenvalue weighted by Gasteiger charge is -2.18. The van der Waals surface area contributed by atoms with Gasteiger partial charge in [0, 0.05) is 19.3 Å². The van der Waals surface area contributed by atoms with Gasteiger partial charge in [0.15, 0.2) is 6.10 Å². The highest BCUT2D eigenvalue weighted by molar-refractivity contribution is 5.71. The molecule has 0 spiro atoms. The molecule has 0 aliphatic rings. The molecule has 0 aliphatic heterocycles. The summed E-state index contributed by atoms with van der Waals surface area (Å²) in [6, 6.07) is 0. The lowest BCUT2D eigenvalue weighted by Crippen LogP contribution is -2.30. The predicted octanol–water partition coefficient (Wildman–Crippen LogP) is 12.2. The van der Waals surface area contributed by atoms with E-state index in [0.29, 0.717) is 19.3 Å². The van der Waals surface area contributed by atoms with E-state index < -0.39 is 6.10 Å². The molecule has 0 saturated carbocycles. The number of unbranched alkanes of at least 4 members (excludes halogenated alkanes) is 19. The molecular weight excluding hydrogens is 588 g/mol. The molecule has 0 heterocycles. The van der Waals surface area contributed by atoms with Crippen molar-refractivity contribution in [3.63, 3.8) is 0 Å². The topological polar surface area (TPSA) is 78.9 Å². The lowest BCUT2D eigenvalue weighted by atomic mass is 10.00. The predicted molar refractivity (Wildman–Crippen MR) is 196 cm³/mol. The van der Waals surface area contributed by atoms with Crippen molar-refractivity contribution >= 4 is 17.9 Å². The number of hydrogen-bond donors (Lipinski definition) is 0. The van der Waals surface area contributed by atoms with Crippen LogP contribution in [0.4, 0.5) is 0 Å². The summed E-state index contributed by atoms with van der Waals surface area (Å²) in [5.74, 6) is 0.724. The normalized spacial score (nSPS) is 12.6. The van der Waals surface area contributed by atoms with Crippen LogP contribution in [0.5, 0.6) is 0 Å². The number of ether oxygens (including phenoxy) is 3. The van der Waals surface area contributed by atoms with Crippen molar-refractivity contribution < 1.29 is 28.6 Å².